The molecule has 0 aromatic carbocycles. The summed E-state index contributed by atoms with van der Waals surface area (Å²) in [5, 5.41) is 8.60. The lowest BCUT2D eigenvalue weighted by atomic mass is 9.75. The van der Waals surface area contributed by atoms with Crippen LogP contribution < -0.4 is 0 Å². The van der Waals surface area contributed by atoms with Gasteiger partial charge in [-0.2, -0.15) is 0 Å². The number of morpholine rings is 1. The molecule has 2 fully saturated rings. The van der Waals surface area contributed by atoms with Gasteiger partial charge < -0.3 is 14.6 Å². The fourth-order valence-electron chi connectivity index (χ4n) is 2.50. The van der Waals surface area contributed by atoms with Gasteiger partial charge in [-0.15, -0.1) is 0 Å². The molecule has 1 saturated carbocycles. The summed E-state index contributed by atoms with van der Waals surface area (Å²) in [5.41, 5.74) is 0.334. The summed E-state index contributed by atoms with van der Waals surface area (Å²) in [6, 6.07) is 0. The van der Waals surface area contributed by atoms with Gasteiger partial charge >= 0.3 is 0 Å². The summed E-state index contributed by atoms with van der Waals surface area (Å²) < 4.78 is 10.9. The largest absolute Gasteiger partial charge is 0.394 e. The smallest absolute Gasteiger partial charge is 0.0698 e. The first-order valence-electron chi connectivity index (χ1n) is 5.89. The van der Waals surface area contributed by atoms with Gasteiger partial charge in [0.05, 0.1) is 33.0 Å². The first-order chi connectivity index (χ1) is 7.37. The van der Waals surface area contributed by atoms with Crippen molar-refractivity contribution in [3.8, 4) is 0 Å². The van der Waals surface area contributed by atoms with Crippen LogP contribution in [0.5, 0.6) is 0 Å². The Bertz CT molecular complexity index is 194. The number of hydrogen-bond acceptors (Lipinski definition) is 4. The lowest BCUT2D eigenvalue weighted by Gasteiger charge is -2.52. The van der Waals surface area contributed by atoms with Crippen molar-refractivity contribution >= 4 is 0 Å². The molecular weight excluding hydrogens is 194 g/mol. The van der Waals surface area contributed by atoms with Crippen molar-refractivity contribution < 1.29 is 14.6 Å². The highest BCUT2D eigenvalue weighted by atomic mass is 16.5. The molecule has 2 aliphatic rings. The molecule has 0 bridgehead atoms. The van der Waals surface area contributed by atoms with E-state index in [9.17, 15) is 0 Å². The van der Waals surface area contributed by atoms with Gasteiger partial charge in [0.2, 0.25) is 0 Å². The van der Waals surface area contributed by atoms with Gasteiger partial charge in [-0.3, -0.25) is 4.90 Å². The zero-order chi connectivity index (χ0) is 10.6. The highest BCUT2D eigenvalue weighted by Crippen LogP contribution is 2.39. The SMILES string of the molecule is OCCOCCN1CCOCC12CCC2. The van der Waals surface area contributed by atoms with E-state index >= 15 is 0 Å². The minimum absolute atomic E-state index is 0.119. The molecule has 0 radical (unpaired) electrons. The molecule has 0 atom stereocenters. The topological polar surface area (TPSA) is 41.9 Å². The molecule has 88 valence electrons. The van der Waals surface area contributed by atoms with E-state index in [4.69, 9.17) is 14.6 Å². The summed E-state index contributed by atoms with van der Waals surface area (Å²) in [4.78, 5) is 2.51. The van der Waals surface area contributed by atoms with Crippen molar-refractivity contribution in [2.45, 2.75) is 24.8 Å². The molecule has 1 spiro atoms. The predicted molar refractivity (Wildman–Crippen MR) is 56.9 cm³/mol. The van der Waals surface area contributed by atoms with E-state index in [1.54, 1.807) is 0 Å². The van der Waals surface area contributed by atoms with Crippen LogP contribution >= 0.6 is 0 Å². The van der Waals surface area contributed by atoms with Gasteiger partial charge in [-0.25, -0.2) is 0 Å². The third-order valence-corrected chi connectivity index (χ3v) is 3.57. The lowest BCUT2D eigenvalue weighted by molar-refractivity contribution is -0.113. The van der Waals surface area contributed by atoms with Gasteiger partial charge in [0, 0.05) is 18.6 Å². The molecule has 4 heteroatoms. The summed E-state index contributed by atoms with van der Waals surface area (Å²) in [5.74, 6) is 0. The molecule has 0 unspecified atom stereocenters. The summed E-state index contributed by atoms with van der Waals surface area (Å²) in [7, 11) is 0. The molecule has 15 heavy (non-hydrogen) atoms. The number of aliphatic hydroxyl groups excluding tert-OH is 1. The highest BCUT2D eigenvalue weighted by Gasteiger charge is 2.44. The zero-order valence-corrected chi connectivity index (χ0v) is 9.28. The second kappa shape index (κ2) is 5.25. The number of nitrogens with zero attached hydrogens (tertiary/aromatic N) is 1. The fourth-order valence-corrected chi connectivity index (χ4v) is 2.50. The van der Waals surface area contributed by atoms with Crippen molar-refractivity contribution in [1.82, 2.24) is 4.90 Å². The van der Waals surface area contributed by atoms with Gasteiger partial charge in [-0.05, 0) is 19.3 Å². The van der Waals surface area contributed by atoms with Crippen LogP contribution in [0.4, 0.5) is 0 Å². The van der Waals surface area contributed by atoms with E-state index in [1.165, 1.54) is 19.3 Å². The van der Waals surface area contributed by atoms with Crippen LogP contribution in [0.1, 0.15) is 19.3 Å². The Morgan fingerprint density at radius 2 is 2.20 bits per heavy atom. The maximum Gasteiger partial charge on any atom is 0.0698 e. The van der Waals surface area contributed by atoms with Crippen LogP contribution in [0.3, 0.4) is 0 Å². The Morgan fingerprint density at radius 3 is 2.87 bits per heavy atom. The standard InChI is InChI=1S/C11H21NO3/c13-6-9-14-7-4-12-5-8-15-10-11(12)2-1-3-11/h13H,1-10H2. The van der Waals surface area contributed by atoms with E-state index in [0.717, 1.165) is 32.9 Å². The van der Waals surface area contributed by atoms with E-state index in [-0.39, 0.29) is 6.61 Å². The Labute approximate surface area is 91.2 Å². The van der Waals surface area contributed by atoms with Crippen molar-refractivity contribution in [1.29, 1.82) is 0 Å². The van der Waals surface area contributed by atoms with Crippen LogP contribution in [-0.4, -0.2) is 61.7 Å². The van der Waals surface area contributed by atoms with Crippen LogP contribution in [0.2, 0.25) is 0 Å². The predicted octanol–water partition coefficient (Wildman–Crippen LogP) is 0.250. The Kier molecular flexibility index (Phi) is 3.97. The van der Waals surface area contributed by atoms with Crippen molar-refractivity contribution in [2.24, 2.45) is 0 Å². The molecule has 1 aliphatic carbocycles. The maximum absolute atomic E-state index is 8.60. The van der Waals surface area contributed by atoms with Crippen LogP contribution in [0, 0.1) is 0 Å². The second-order valence-corrected chi connectivity index (χ2v) is 4.45. The van der Waals surface area contributed by atoms with Crippen LogP contribution in [-0.2, 0) is 9.47 Å². The van der Waals surface area contributed by atoms with Gasteiger partial charge in [-0.1, -0.05) is 0 Å². The van der Waals surface area contributed by atoms with Crippen LogP contribution in [0.15, 0.2) is 0 Å². The Balaban J connectivity index is 1.73. The summed E-state index contributed by atoms with van der Waals surface area (Å²) >= 11 is 0. The Hall–Kier alpha value is -0.160. The Morgan fingerprint density at radius 1 is 1.33 bits per heavy atom. The molecule has 2 rings (SSSR count). The average Bonchev–Trinajstić information content (AvgIpc) is 2.23. The molecule has 1 aliphatic heterocycles. The number of ether oxygens (including phenoxy) is 2. The summed E-state index contributed by atoms with van der Waals surface area (Å²) in [6.07, 6.45) is 3.87. The molecule has 0 aromatic rings. The molecule has 0 amide bonds. The van der Waals surface area contributed by atoms with Crippen LogP contribution in [0.25, 0.3) is 0 Å². The van der Waals surface area contributed by atoms with Crippen molar-refractivity contribution in [2.75, 3.05) is 46.1 Å². The minimum Gasteiger partial charge on any atom is -0.394 e. The number of aliphatic hydroxyl groups is 1. The lowest BCUT2D eigenvalue weighted by Crippen LogP contribution is -2.61. The van der Waals surface area contributed by atoms with Crippen molar-refractivity contribution in [3.05, 3.63) is 0 Å². The molecule has 1 N–H and O–H groups in total. The highest BCUT2D eigenvalue weighted by molar-refractivity contribution is 4.99. The molecule has 4 nitrogen and oxygen atoms in total. The maximum atomic E-state index is 8.60. The molecule has 1 saturated heterocycles. The van der Waals surface area contributed by atoms with E-state index in [1.807, 2.05) is 0 Å². The first-order valence-corrected chi connectivity index (χ1v) is 5.89. The van der Waals surface area contributed by atoms with E-state index < -0.39 is 0 Å². The fraction of sp³-hybridized carbons (Fsp3) is 1.00. The second-order valence-electron chi connectivity index (χ2n) is 4.45. The van der Waals surface area contributed by atoms with Gasteiger partial charge in [0.25, 0.3) is 0 Å². The normalized spacial score (nSPS) is 25.4. The monoisotopic (exact) mass is 215 g/mol. The quantitative estimate of drug-likeness (QED) is 0.668. The van der Waals surface area contributed by atoms with Crippen molar-refractivity contribution in [3.63, 3.8) is 0 Å². The number of rotatable bonds is 5. The molecular formula is C11H21NO3. The summed E-state index contributed by atoms with van der Waals surface area (Å²) in [6.45, 7) is 5.05. The zero-order valence-electron chi connectivity index (χ0n) is 9.28. The third-order valence-electron chi connectivity index (χ3n) is 3.57. The average molecular weight is 215 g/mol. The molecule has 0 aromatic heterocycles. The molecule has 1 heterocycles. The number of hydrogen-bond donors (Lipinski definition) is 1. The first kappa shape index (κ1) is 11.3. The van der Waals surface area contributed by atoms with E-state index in [0.29, 0.717) is 12.1 Å². The third kappa shape index (κ3) is 2.50. The van der Waals surface area contributed by atoms with E-state index in [2.05, 4.69) is 4.90 Å². The minimum atomic E-state index is 0.119. The van der Waals surface area contributed by atoms with Gasteiger partial charge in [0.15, 0.2) is 0 Å². The van der Waals surface area contributed by atoms with Gasteiger partial charge in [0.1, 0.15) is 0 Å².